The molecule has 172 valence electrons. The number of hydrogen-bond acceptors (Lipinski definition) is 4. The van der Waals surface area contributed by atoms with E-state index in [-0.39, 0.29) is 11.6 Å². The third-order valence-electron chi connectivity index (χ3n) is 5.97. The van der Waals surface area contributed by atoms with Crippen molar-refractivity contribution < 1.29 is 22.7 Å². The molecule has 0 aliphatic rings. The van der Waals surface area contributed by atoms with E-state index in [1.807, 2.05) is 6.92 Å². The lowest BCUT2D eigenvalue weighted by Crippen LogP contribution is -2.46. The Kier molecular flexibility index (Phi) is 8.49. The Morgan fingerprint density at radius 3 is 1.90 bits per heavy atom. The van der Waals surface area contributed by atoms with Gasteiger partial charge in [0.05, 0.1) is 23.3 Å². The maximum atomic E-state index is 12.8. The van der Waals surface area contributed by atoms with E-state index in [1.54, 1.807) is 45.0 Å². The van der Waals surface area contributed by atoms with Gasteiger partial charge in [-0.1, -0.05) is 52.0 Å². The van der Waals surface area contributed by atoms with Crippen LogP contribution in [0.3, 0.4) is 0 Å². The van der Waals surface area contributed by atoms with Crippen molar-refractivity contribution in [3.8, 4) is 0 Å². The van der Waals surface area contributed by atoms with Crippen molar-refractivity contribution in [3.63, 3.8) is 0 Å². The van der Waals surface area contributed by atoms with Gasteiger partial charge in [-0.05, 0) is 56.5 Å². The fourth-order valence-corrected chi connectivity index (χ4v) is 4.53. The molecule has 0 spiro atoms. The number of sulfonamides is 1. The first kappa shape index (κ1) is 26.8. The summed E-state index contributed by atoms with van der Waals surface area (Å²) in [6.45, 7) is 17.7. The van der Waals surface area contributed by atoms with Crippen molar-refractivity contribution in [2.75, 3.05) is 6.61 Å². The van der Waals surface area contributed by atoms with Crippen LogP contribution in [0.4, 0.5) is 0 Å². The maximum Gasteiger partial charge on any atom is 0.310 e. The van der Waals surface area contributed by atoms with Gasteiger partial charge in [-0.2, -0.15) is 0 Å². The molecule has 1 aromatic rings. The zero-order chi connectivity index (χ0) is 23.5. The van der Waals surface area contributed by atoms with Gasteiger partial charge in [0.25, 0.3) is 0 Å². The van der Waals surface area contributed by atoms with Crippen LogP contribution in [0.2, 0.25) is 18.1 Å². The van der Waals surface area contributed by atoms with Gasteiger partial charge in [-0.15, -0.1) is 0 Å². The molecule has 2 atom stereocenters. The first-order valence-electron chi connectivity index (χ1n) is 10.4. The number of benzene rings is 1. The summed E-state index contributed by atoms with van der Waals surface area (Å²) in [5.74, 6) is -1.44. The molecule has 0 saturated carbocycles. The fraction of sp³-hybridized carbons (Fsp3) is 0.682. The zero-order valence-corrected chi connectivity index (χ0v) is 21.7. The second kappa shape index (κ2) is 9.50. The normalized spacial score (nSPS) is 15.6. The maximum absolute atomic E-state index is 12.8. The summed E-state index contributed by atoms with van der Waals surface area (Å²) in [5, 5.41) is 9.39. The average Bonchev–Trinajstić information content (AvgIpc) is 2.57. The van der Waals surface area contributed by atoms with Crippen LogP contribution in [0, 0.1) is 0 Å². The van der Waals surface area contributed by atoms with Gasteiger partial charge in [-0.3, -0.25) is 4.79 Å². The van der Waals surface area contributed by atoms with E-state index >= 15 is 0 Å². The van der Waals surface area contributed by atoms with E-state index < -0.39 is 41.0 Å². The summed E-state index contributed by atoms with van der Waals surface area (Å²) in [5.41, 5.74) is 1.46. The highest BCUT2D eigenvalue weighted by Crippen LogP contribution is 2.37. The van der Waals surface area contributed by atoms with Gasteiger partial charge in [0.1, 0.15) is 0 Å². The van der Waals surface area contributed by atoms with Crippen molar-refractivity contribution in [1.82, 2.24) is 4.72 Å². The van der Waals surface area contributed by atoms with Crippen LogP contribution in [-0.2, 0) is 19.2 Å². The molecule has 2 unspecified atom stereocenters. The average molecular weight is 458 g/mol. The molecule has 1 rings (SSSR count). The van der Waals surface area contributed by atoms with E-state index in [2.05, 4.69) is 38.6 Å². The van der Waals surface area contributed by atoms with Crippen molar-refractivity contribution in [2.45, 2.75) is 89.7 Å². The summed E-state index contributed by atoms with van der Waals surface area (Å²) in [6, 6.07) is 6.57. The lowest BCUT2D eigenvalue weighted by molar-refractivity contribution is -0.138. The molecule has 0 aliphatic heterocycles. The minimum absolute atomic E-state index is 0.000143. The van der Waals surface area contributed by atoms with E-state index in [1.165, 1.54) is 0 Å². The first-order valence-corrected chi connectivity index (χ1v) is 14.8. The Morgan fingerprint density at radius 2 is 1.53 bits per heavy atom. The monoisotopic (exact) mass is 457 g/mol. The van der Waals surface area contributed by atoms with Crippen LogP contribution in [0.15, 0.2) is 24.3 Å². The Morgan fingerprint density at radius 1 is 1.07 bits per heavy atom. The van der Waals surface area contributed by atoms with Gasteiger partial charge < -0.3 is 9.53 Å². The number of hydrogen-bond donors (Lipinski definition) is 2. The summed E-state index contributed by atoms with van der Waals surface area (Å²) in [6.07, 6.45) is 0.489. The Bertz CT molecular complexity index is 821. The standard InChI is InChI=1S/C22H39NO5SSi/c1-10-18(20(24)25)16-11-13-17(14-12-16)19(23-29(26,27)21(2,3)4)15-28-30(8,9)22(5,6)7/h11-14,18-19,23H,10,15H2,1-9H3,(H,24,25). The Balaban J connectivity index is 3.25. The highest BCUT2D eigenvalue weighted by Gasteiger charge is 2.39. The molecule has 0 aliphatic carbocycles. The number of aliphatic carboxylic acids is 1. The van der Waals surface area contributed by atoms with Crippen molar-refractivity contribution in [1.29, 1.82) is 0 Å². The summed E-state index contributed by atoms with van der Waals surface area (Å²) >= 11 is 0. The van der Waals surface area contributed by atoms with Crippen LogP contribution in [0.5, 0.6) is 0 Å². The van der Waals surface area contributed by atoms with Crippen LogP contribution in [0.1, 0.15) is 78.0 Å². The third kappa shape index (κ3) is 6.64. The molecule has 1 aromatic carbocycles. The highest BCUT2D eigenvalue weighted by molar-refractivity contribution is 7.90. The van der Waals surface area contributed by atoms with Crippen LogP contribution < -0.4 is 4.72 Å². The van der Waals surface area contributed by atoms with Gasteiger partial charge in [-0.25, -0.2) is 13.1 Å². The number of carboxylic acids is 1. The highest BCUT2D eigenvalue weighted by atomic mass is 32.2. The van der Waals surface area contributed by atoms with Crippen LogP contribution in [-0.4, -0.2) is 39.2 Å². The van der Waals surface area contributed by atoms with Gasteiger partial charge in [0, 0.05) is 0 Å². The molecule has 0 bridgehead atoms. The van der Waals surface area contributed by atoms with Crippen molar-refractivity contribution in [3.05, 3.63) is 35.4 Å². The summed E-state index contributed by atoms with van der Waals surface area (Å²) in [7, 11) is -5.69. The lowest BCUT2D eigenvalue weighted by atomic mass is 9.95. The Labute approximate surface area is 183 Å². The van der Waals surface area contributed by atoms with E-state index in [0.717, 1.165) is 5.56 Å². The molecule has 0 saturated heterocycles. The van der Waals surface area contributed by atoms with E-state index in [4.69, 9.17) is 4.43 Å². The van der Waals surface area contributed by atoms with Gasteiger partial charge in [0.2, 0.25) is 10.0 Å². The minimum atomic E-state index is -3.60. The molecule has 30 heavy (non-hydrogen) atoms. The largest absolute Gasteiger partial charge is 0.481 e. The summed E-state index contributed by atoms with van der Waals surface area (Å²) < 4.78 is 33.8. The molecule has 0 aromatic heterocycles. The van der Waals surface area contributed by atoms with Crippen LogP contribution >= 0.6 is 0 Å². The van der Waals surface area contributed by atoms with Gasteiger partial charge >= 0.3 is 5.97 Å². The predicted molar refractivity (Wildman–Crippen MR) is 125 cm³/mol. The van der Waals surface area contributed by atoms with E-state index in [0.29, 0.717) is 12.0 Å². The van der Waals surface area contributed by atoms with Crippen molar-refractivity contribution >= 4 is 24.3 Å². The molecule has 0 fully saturated rings. The van der Waals surface area contributed by atoms with Crippen LogP contribution in [0.25, 0.3) is 0 Å². The second-order valence-electron chi connectivity index (χ2n) is 10.3. The number of rotatable bonds is 9. The quantitative estimate of drug-likeness (QED) is 0.506. The third-order valence-corrected chi connectivity index (χ3v) is 12.7. The molecule has 0 heterocycles. The fourth-order valence-electron chi connectivity index (χ4n) is 2.58. The molecule has 0 amide bonds. The zero-order valence-electron chi connectivity index (χ0n) is 19.9. The molecular weight excluding hydrogens is 418 g/mol. The SMILES string of the molecule is CCC(C(=O)O)c1ccc(C(CO[Si](C)(C)C(C)(C)C)NS(=O)(=O)C(C)(C)C)cc1. The molecule has 6 nitrogen and oxygen atoms in total. The molecule has 0 radical (unpaired) electrons. The molecular formula is C22H39NO5SSi. The number of carboxylic acid groups (broad SMARTS) is 1. The van der Waals surface area contributed by atoms with Gasteiger partial charge in [0.15, 0.2) is 8.32 Å². The first-order chi connectivity index (χ1) is 13.4. The summed E-state index contributed by atoms with van der Waals surface area (Å²) in [4.78, 5) is 11.4. The topological polar surface area (TPSA) is 92.7 Å². The second-order valence-corrected chi connectivity index (χ2v) is 17.6. The number of carbonyl (C=O) groups is 1. The predicted octanol–water partition coefficient (Wildman–Crippen LogP) is 5.05. The number of nitrogens with one attached hydrogen (secondary N) is 1. The van der Waals surface area contributed by atoms with E-state index in [9.17, 15) is 18.3 Å². The smallest absolute Gasteiger partial charge is 0.310 e. The molecule has 2 N–H and O–H groups in total. The Hall–Kier alpha value is -1.22. The van der Waals surface area contributed by atoms with Crippen molar-refractivity contribution in [2.24, 2.45) is 0 Å². The lowest BCUT2D eigenvalue weighted by Gasteiger charge is -2.37. The molecule has 8 heteroatoms. The minimum Gasteiger partial charge on any atom is -0.481 e.